The fourth-order valence-corrected chi connectivity index (χ4v) is 3.25. The first-order valence-electron chi connectivity index (χ1n) is 8.10. The van der Waals surface area contributed by atoms with Gasteiger partial charge in [-0.05, 0) is 42.1 Å². The molecule has 0 amide bonds. The van der Waals surface area contributed by atoms with E-state index in [0.717, 1.165) is 24.1 Å². The molecule has 0 aliphatic rings. The second-order valence-electron chi connectivity index (χ2n) is 7.13. The van der Waals surface area contributed by atoms with Gasteiger partial charge >= 0.3 is 0 Å². The van der Waals surface area contributed by atoms with Gasteiger partial charge in [-0.1, -0.05) is 71.7 Å². The molecule has 0 heterocycles. The molecule has 2 rings (SSSR count). The summed E-state index contributed by atoms with van der Waals surface area (Å²) in [4.78, 5) is 2.49. The normalized spacial score (nSPS) is 11.9. The number of hydrogen-bond acceptors (Lipinski definition) is 2. The SMILES string of the molecule is Cc1cccc(CN(Cc2cccc(Br)c2)CC(C)(C)CN)c1. The molecule has 2 N–H and O–H groups in total. The molecule has 3 heteroatoms. The summed E-state index contributed by atoms with van der Waals surface area (Å²) in [6, 6.07) is 17.3. The van der Waals surface area contributed by atoms with Gasteiger partial charge in [0.25, 0.3) is 0 Å². The highest BCUT2D eigenvalue weighted by Gasteiger charge is 2.20. The predicted octanol–water partition coefficient (Wildman–Crippen LogP) is 4.74. The smallest absolute Gasteiger partial charge is 0.0237 e. The molecule has 124 valence electrons. The summed E-state index contributed by atoms with van der Waals surface area (Å²) in [7, 11) is 0. The Morgan fingerprint density at radius 3 is 2.17 bits per heavy atom. The van der Waals surface area contributed by atoms with Gasteiger partial charge in [-0.25, -0.2) is 0 Å². The van der Waals surface area contributed by atoms with Crippen molar-refractivity contribution in [3.63, 3.8) is 0 Å². The summed E-state index contributed by atoms with van der Waals surface area (Å²) in [5, 5.41) is 0. The van der Waals surface area contributed by atoms with E-state index in [1.54, 1.807) is 0 Å². The standard InChI is InChI=1S/C20H27BrN2/c1-16-6-4-7-17(10-16)12-23(15-20(2,3)14-22)13-18-8-5-9-19(21)11-18/h4-11H,12-15,22H2,1-3H3. The molecular weight excluding hydrogens is 348 g/mol. The quantitative estimate of drug-likeness (QED) is 0.757. The molecule has 2 nitrogen and oxygen atoms in total. The summed E-state index contributed by atoms with van der Waals surface area (Å²) in [6.07, 6.45) is 0. The largest absolute Gasteiger partial charge is 0.330 e. The first kappa shape index (κ1) is 18.2. The van der Waals surface area contributed by atoms with E-state index >= 15 is 0 Å². The second kappa shape index (κ2) is 8.09. The average Bonchev–Trinajstić information content (AvgIpc) is 2.47. The Kier molecular flexibility index (Phi) is 6.40. The highest BCUT2D eigenvalue weighted by atomic mass is 79.9. The van der Waals surface area contributed by atoms with Crippen molar-refractivity contribution >= 4 is 15.9 Å². The third-order valence-electron chi connectivity index (χ3n) is 3.99. The fourth-order valence-electron chi connectivity index (χ4n) is 2.80. The Bertz CT molecular complexity index is 590. The van der Waals surface area contributed by atoms with E-state index in [1.807, 2.05) is 0 Å². The zero-order valence-electron chi connectivity index (χ0n) is 14.3. The number of rotatable bonds is 7. The van der Waals surface area contributed by atoms with Crippen molar-refractivity contribution in [3.8, 4) is 0 Å². The molecule has 0 atom stereocenters. The van der Waals surface area contributed by atoms with Crippen LogP contribution in [0.4, 0.5) is 0 Å². The molecule has 0 aromatic heterocycles. The Labute approximate surface area is 148 Å². The zero-order valence-corrected chi connectivity index (χ0v) is 15.9. The van der Waals surface area contributed by atoms with Gasteiger partial charge in [0, 0.05) is 24.1 Å². The topological polar surface area (TPSA) is 29.3 Å². The number of nitrogens with two attached hydrogens (primary N) is 1. The summed E-state index contributed by atoms with van der Waals surface area (Å²) in [5.41, 5.74) is 10.0. The molecule has 0 bridgehead atoms. The third kappa shape index (κ3) is 6.09. The number of aryl methyl sites for hydroxylation is 1. The maximum absolute atomic E-state index is 5.96. The molecule has 0 unspecified atom stereocenters. The molecule has 0 aliphatic heterocycles. The molecule has 0 fully saturated rings. The molecule has 0 saturated heterocycles. The van der Waals surface area contributed by atoms with Gasteiger partial charge < -0.3 is 5.73 Å². The van der Waals surface area contributed by atoms with Crippen LogP contribution in [0, 0.1) is 12.3 Å². The summed E-state index contributed by atoms with van der Waals surface area (Å²) in [6.45, 7) is 10.1. The Morgan fingerprint density at radius 1 is 1.00 bits per heavy atom. The Balaban J connectivity index is 2.17. The van der Waals surface area contributed by atoms with E-state index < -0.39 is 0 Å². The fraction of sp³-hybridized carbons (Fsp3) is 0.400. The lowest BCUT2D eigenvalue weighted by atomic mass is 9.92. The van der Waals surface area contributed by atoms with Gasteiger partial charge in [0.1, 0.15) is 0 Å². The zero-order chi connectivity index (χ0) is 16.9. The van der Waals surface area contributed by atoms with Crippen LogP contribution in [0.15, 0.2) is 53.0 Å². The number of hydrogen-bond donors (Lipinski definition) is 1. The van der Waals surface area contributed by atoms with Gasteiger partial charge in [-0.2, -0.15) is 0 Å². The van der Waals surface area contributed by atoms with Crippen LogP contribution in [0.3, 0.4) is 0 Å². The van der Waals surface area contributed by atoms with Crippen LogP contribution in [0.1, 0.15) is 30.5 Å². The van der Waals surface area contributed by atoms with Crippen molar-refractivity contribution in [1.82, 2.24) is 4.90 Å². The molecule has 2 aromatic carbocycles. The molecule has 0 spiro atoms. The molecule has 23 heavy (non-hydrogen) atoms. The minimum Gasteiger partial charge on any atom is -0.330 e. The average molecular weight is 375 g/mol. The number of halogens is 1. The van der Waals surface area contributed by atoms with Crippen molar-refractivity contribution in [2.24, 2.45) is 11.1 Å². The molecule has 0 radical (unpaired) electrons. The van der Waals surface area contributed by atoms with Crippen LogP contribution in [-0.2, 0) is 13.1 Å². The highest BCUT2D eigenvalue weighted by molar-refractivity contribution is 9.10. The van der Waals surface area contributed by atoms with Gasteiger partial charge in [0.15, 0.2) is 0 Å². The second-order valence-corrected chi connectivity index (χ2v) is 8.05. The van der Waals surface area contributed by atoms with Gasteiger partial charge in [0.2, 0.25) is 0 Å². The van der Waals surface area contributed by atoms with Crippen LogP contribution in [0.5, 0.6) is 0 Å². The Morgan fingerprint density at radius 2 is 1.61 bits per heavy atom. The van der Waals surface area contributed by atoms with E-state index in [2.05, 4.69) is 90.1 Å². The van der Waals surface area contributed by atoms with Crippen LogP contribution < -0.4 is 5.73 Å². The predicted molar refractivity (Wildman–Crippen MR) is 102 cm³/mol. The maximum atomic E-state index is 5.96. The van der Waals surface area contributed by atoms with Crippen molar-refractivity contribution in [2.75, 3.05) is 13.1 Å². The molecule has 0 saturated carbocycles. The van der Waals surface area contributed by atoms with Gasteiger partial charge in [0.05, 0.1) is 0 Å². The van der Waals surface area contributed by atoms with Crippen LogP contribution >= 0.6 is 15.9 Å². The van der Waals surface area contributed by atoms with E-state index in [4.69, 9.17) is 5.73 Å². The van der Waals surface area contributed by atoms with Gasteiger partial charge in [-0.15, -0.1) is 0 Å². The van der Waals surface area contributed by atoms with Crippen molar-refractivity contribution in [2.45, 2.75) is 33.9 Å². The summed E-state index contributed by atoms with van der Waals surface area (Å²) >= 11 is 3.57. The van der Waals surface area contributed by atoms with Crippen LogP contribution in [0.2, 0.25) is 0 Å². The van der Waals surface area contributed by atoms with Gasteiger partial charge in [-0.3, -0.25) is 4.90 Å². The summed E-state index contributed by atoms with van der Waals surface area (Å²) < 4.78 is 1.13. The van der Waals surface area contributed by atoms with E-state index in [-0.39, 0.29) is 5.41 Å². The maximum Gasteiger partial charge on any atom is 0.0237 e. The monoisotopic (exact) mass is 374 g/mol. The number of benzene rings is 2. The first-order chi connectivity index (χ1) is 10.9. The van der Waals surface area contributed by atoms with E-state index in [0.29, 0.717) is 6.54 Å². The number of nitrogens with zero attached hydrogens (tertiary/aromatic N) is 1. The molecule has 0 aliphatic carbocycles. The van der Waals surface area contributed by atoms with Crippen molar-refractivity contribution < 1.29 is 0 Å². The minimum absolute atomic E-state index is 0.107. The minimum atomic E-state index is 0.107. The molecule has 2 aromatic rings. The Hall–Kier alpha value is -1.16. The first-order valence-corrected chi connectivity index (χ1v) is 8.90. The summed E-state index contributed by atoms with van der Waals surface area (Å²) in [5.74, 6) is 0. The van der Waals surface area contributed by atoms with Crippen LogP contribution in [0.25, 0.3) is 0 Å². The highest BCUT2D eigenvalue weighted by Crippen LogP contribution is 2.21. The lowest BCUT2D eigenvalue weighted by Gasteiger charge is -2.32. The lowest BCUT2D eigenvalue weighted by Crippen LogP contribution is -2.38. The van der Waals surface area contributed by atoms with E-state index in [9.17, 15) is 0 Å². The third-order valence-corrected chi connectivity index (χ3v) is 4.48. The van der Waals surface area contributed by atoms with Crippen LogP contribution in [-0.4, -0.2) is 18.0 Å². The van der Waals surface area contributed by atoms with Crippen molar-refractivity contribution in [3.05, 3.63) is 69.7 Å². The molecular formula is C20H27BrN2. The lowest BCUT2D eigenvalue weighted by molar-refractivity contribution is 0.168. The van der Waals surface area contributed by atoms with Crippen molar-refractivity contribution in [1.29, 1.82) is 0 Å². The van der Waals surface area contributed by atoms with E-state index in [1.165, 1.54) is 16.7 Å².